The highest BCUT2D eigenvalue weighted by Crippen LogP contribution is 2.24. The van der Waals surface area contributed by atoms with Crippen molar-refractivity contribution in [1.29, 1.82) is 0 Å². The third-order valence-electron chi connectivity index (χ3n) is 3.99. The van der Waals surface area contributed by atoms with E-state index in [-0.39, 0.29) is 16.1 Å². The van der Waals surface area contributed by atoms with E-state index in [0.717, 1.165) is 4.31 Å². The van der Waals surface area contributed by atoms with Gasteiger partial charge in [0, 0.05) is 12.7 Å². The highest BCUT2D eigenvalue weighted by Gasteiger charge is 2.22. The summed E-state index contributed by atoms with van der Waals surface area (Å²) in [6.07, 6.45) is 0. The number of amides is 1. The Bertz CT molecular complexity index is 1070. The average Bonchev–Trinajstić information content (AvgIpc) is 2.68. The molecule has 0 saturated carbocycles. The summed E-state index contributed by atoms with van der Waals surface area (Å²) in [4.78, 5) is 12.3. The fraction of sp³-hybridized carbons (Fsp3) is 0.0500. The van der Waals surface area contributed by atoms with Gasteiger partial charge in [-0.2, -0.15) is 0 Å². The zero-order chi connectivity index (χ0) is 19.4. The Kier molecular flexibility index (Phi) is 5.23. The van der Waals surface area contributed by atoms with Gasteiger partial charge in [0.25, 0.3) is 15.9 Å². The Morgan fingerprint density at radius 1 is 0.926 bits per heavy atom. The van der Waals surface area contributed by atoms with Crippen LogP contribution < -0.4 is 9.62 Å². The van der Waals surface area contributed by atoms with E-state index < -0.39 is 21.7 Å². The molecular formula is C20H17FN2O3S. The van der Waals surface area contributed by atoms with Crippen LogP contribution in [-0.4, -0.2) is 21.4 Å². The number of carbonyl (C=O) groups is 1. The SMILES string of the molecule is CN(c1ccccc1)S(=O)(=O)c1cccc(NC(=O)c2ccccc2F)c1. The summed E-state index contributed by atoms with van der Waals surface area (Å²) in [5.41, 5.74) is 0.649. The molecule has 138 valence electrons. The van der Waals surface area contributed by atoms with E-state index in [0.29, 0.717) is 5.69 Å². The standard InChI is InChI=1S/C20H17FN2O3S/c1-23(16-9-3-2-4-10-16)27(25,26)17-11-7-8-15(14-17)22-20(24)18-12-5-6-13-19(18)21/h2-14H,1H3,(H,22,24). The van der Waals surface area contributed by atoms with Crippen LogP contribution in [-0.2, 0) is 10.0 Å². The van der Waals surface area contributed by atoms with Crippen LogP contribution >= 0.6 is 0 Å². The number of rotatable bonds is 5. The quantitative estimate of drug-likeness (QED) is 0.725. The van der Waals surface area contributed by atoms with Crippen LogP contribution in [0.4, 0.5) is 15.8 Å². The van der Waals surface area contributed by atoms with Gasteiger partial charge in [-0.05, 0) is 42.5 Å². The van der Waals surface area contributed by atoms with Crippen LogP contribution in [0.1, 0.15) is 10.4 Å². The van der Waals surface area contributed by atoms with Gasteiger partial charge in [0.2, 0.25) is 0 Å². The van der Waals surface area contributed by atoms with Crippen LogP contribution in [0.5, 0.6) is 0 Å². The maximum absolute atomic E-state index is 13.7. The molecule has 0 aliphatic rings. The Morgan fingerprint density at radius 2 is 1.59 bits per heavy atom. The minimum absolute atomic E-state index is 0.0141. The van der Waals surface area contributed by atoms with Gasteiger partial charge >= 0.3 is 0 Å². The molecule has 7 heteroatoms. The number of hydrogen-bond acceptors (Lipinski definition) is 3. The van der Waals surface area contributed by atoms with Crippen molar-refractivity contribution in [3.63, 3.8) is 0 Å². The minimum atomic E-state index is -3.82. The lowest BCUT2D eigenvalue weighted by molar-refractivity contribution is 0.102. The molecule has 0 aromatic heterocycles. The molecule has 0 atom stereocenters. The van der Waals surface area contributed by atoms with Crippen LogP contribution in [0.15, 0.2) is 83.8 Å². The van der Waals surface area contributed by atoms with Gasteiger partial charge in [0.15, 0.2) is 0 Å². The molecule has 0 unspecified atom stereocenters. The number of hydrogen-bond donors (Lipinski definition) is 1. The molecular weight excluding hydrogens is 367 g/mol. The van der Waals surface area contributed by atoms with E-state index >= 15 is 0 Å². The lowest BCUT2D eigenvalue weighted by Crippen LogP contribution is -2.26. The molecule has 3 rings (SSSR count). The van der Waals surface area contributed by atoms with Crippen molar-refractivity contribution in [2.45, 2.75) is 4.90 Å². The van der Waals surface area contributed by atoms with Gasteiger partial charge in [-0.25, -0.2) is 12.8 Å². The third-order valence-corrected chi connectivity index (χ3v) is 5.77. The normalized spacial score (nSPS) is 11.0. The molecule has 0 saturated heterocycles. The van der Waals surface area contributed by atoms with Crippen molar-refractivity contribution < 1.29 is 17.6 Å². The predicted octanol–water partition coefficient (Wildman–Crippen LogP) is 3.90. The first kappa shape index (κ1) is 18.6. The molecule has 0 heterocycles. The van der Waals surface area contributed by atoms with Gasteiger partial charge in [-0.15, -0.1) is 0 Å². The second-order valence-corrected chi connectivity index (χ2v) is 7.74. The van der Waals surface area contributed by atoms with E-state index in [9.17, 15) is 17.6 Å². The predicted molar refractivity (Wildman–Crippen MR) is 103 cm³/mol. The van der Waals surface area contributed by atoms with Crippen molar-refractivity contribution >= 4 is 27.3 Å². The van der Waals surface area contributed by atoms with Crippen LogP contribution in [0.2, 0.25) is 0 Å². The monoisotopic (exact) mass is 384 g/mol. The topological polar surface area (TPSA) is 66.5 Å². The first-order chi connectivity index (χ1) is 12.9. The van der Waals surface area contributed by atoms with Crippen molar-refractivity contribution in [2.24, 2.45) is 0 Å². The molecule has 0 aliphatic carbocycles. The molecule has 0 fully saturated rings. The molecule has 0 spiro atoms. The van der Waals surface area contributed by atoms with Gasteiger partial charge < -0.3 is 5.32 Å². The van der Waals surface area contributed by atoms with Gasteiger partial charge in [-0.1, -0.05) is 36.4 Å². The summed E-state index contributed by atoms with van der Waals surface area (Å²) in [5, 5.41) is 2.53. The number of anilines is 2. The van der Waals surface area contributed by atoms with Crippen molar-refractivity contribution in [1.82, 2.24) is 0 Å². The molecule has 5 nitrogen and oxygen atoms in total. The largest absolute Gasteiger partial charge is 0.322 e. The third kappa shape index (κ3) is 3.98. The molecule has 3 aromatic carbocycles. The van der Waals surface area contributed by atoms with Gasteiger partial charge in [0.05, 0.1) is 16.1 Å². The van der Waals surface area contributed by atoms with Crippen molar-refractivity contribution in [3.8, 4) is 0 Å². The van der Waals surface area contributed by atoms with E-state index in [1.54, 1.807) is 42.5 Å². The number of sulfonamides is 1. The van der Waals surface area contributed by atoms with Crippen molar-refractivity contribution in [2.75, 3.05) is 16.7 Å². The smallest absolute Gasteiger partial charge is 0.264 e. The molecule has 0 radical (unpaired) electrons. The van der Waals surface area contributed by atoms with Crippen LogP contribution in [0.3, 0.4) is 0 Å². The van der Waals surface area contributed by atoms with Crippen LogP contribution in [0, 0.1) is 5.82 Å². The number of para-hydroxylation sites is 1. The summed E-state index contributed by atoms with van der Waals surface area (Å²) in [5.74, 6) is -1.30. The number of nitrogens with zero attached hydrogens (tertiary/aromatic N) is 1. The number of benzene rings is 3. The molecule has 3 aromatic rings. The lowest BCUT2D eigenvalue weighted by atomic mass is 10.2. The minimum Gasteiger partial charge on any atom is -0.322 e. The Labute approximate surface area is 157 Å². The highest BCUT2D eigenvalue weighted by atomic mass is 32.2. The summed E-state index contributed by atoms with van der Waals surface area (Å²) >= 11 is 0. The second kappa shape index (κ2) is 7.59. The van der Waals surface area contributed by atoms with Crippen LogP contribution in [0.25, 0.3) is 0 Å². The zero-order valence-corrected chi connectivity index (χ0v) is 15.3. The zero-order valence-electron chi connectivity index (χ0n) is 14.5. The summed E-state index contributed by atoms with van der Waals surface area (Å²) in [6.45, 7) is 0. The number of carbonyl (C=O) groups excluding carboxylic acids is 1. The Morgan fingerprint density at radius 3 is 2.30 bits per heavy atom. The first-order valence-electron chi connectivity index (χ1n) is 8.09. The maximum atomic E-state index is 13.7. The van der Waals surface area contributed by atoms with E-state index in [4.69, 9.17) is 0 Å². The maximum Gasteiger partial charge on any atom is 0.264 e. The summed E-state index contributed by atoms with van der Waals surface area (Å²) < 4.78 is 40.6. The molecule has 0 bridgehead atoms. The summed E-state index contributed by atoms with van der Waals surface area (Å²) in [6, 6.07) is 20.1. The molecule has 27 heavy (non-hydrogen) atoms. The molecule has 0 aliphatic heterocycles. The fourth-order valence-electron chi connectivity index (χ4n) is 2.51. The molecule has 1 amide bonds. The first-order valence-corrected chi connectivity index (χ1v) is 9.53. The van der Waals surface area contributed by atoms with Crippen molar-refractivity contribution in [3.05, 3.63) is 90.2 Å². The average molecular weight is 384 g/mol. The highest BCUT2D eigenvalue weighted by molar-refractivity contribution is 7.92. The Hall–Kier alpha value is -3.19. The van der Waals surface area contributed by atoms with Gasteiger partial charge in [-0.3, -0.25) is 9.10 Å². The van der Waals surface area contributed by atoms with E-state index in [1.807, 2.05) is 0 Å². The number of nitrogens with one attached hydrogen (secondary N) is 1. The van der Waals surface area contributed by atoms with E-state index in [1.165, 1.54) is 43.4 Å². The Balaban J connectivity index is 1.87. The summed E-state index contributed by atoms with van der Waals surface area (Å²) in [7, 11) is -2.36. The molecule has 1 N–H and O–H groups in total. The lowest BCUT2D eigenvalue weighted by Gasteiger charge is -2.20. The fourth-order valence-corrected chi connectivity index (χ4v) is 3.75. The van der Waals surface area contributed by atoms with E-state index in [2.05, 4.69) is 5.32 Å². The number of halogens is 1. The van der Waals surface area contributed by atoms with Gasteiger partial charge in [0.1, 0.15) is 5.82 Å². The second-order valence-electron chi connectivity index (χ2n) is 5.77.